The monoisotopic (exact) mass is 249 g/mol. The molecule has 3 N–H and O–H groups in total. The molecule has 0 amide bonds. The Bertz CT molecular complexity index is 433. The first-order valence-corrected chi connectivity index (χ1v) is 6.60. The molecule has 2 atom stereocenters. The Morgan fingerprint density at radius 3 is 2.89 bits per heavy atom. The number of pyridine rings is 1. The number of hydrogen-bond donors (Lipinski definition) is 2. The fourth-order valence-electron chi connectivity index (χ4n) is 2.53. The van der Waals surface area contributed by atoms with Crippen molar-refractivity contribution in [1.29, 1.82) is 0 Å². The molecule has 2 heterocycles. The van der Waals surface area contributed by atoms with Gasteiger partial charge in [0.1, 0.15) is 0 Å². The van der Waals surface area contributed by atoms with Crippen molar-refractivity contribution < 1.29 is 5.11 Å². The SMILES string of the molecule is Cc1cnc(CN2CCC(O)C(C)C2)c(C)c1N. The van der Waals surface area contributed by atoms with Crippen molar-refractivity contribution in [1.82, 2.24) is 9.88 Å². The molecule has 4 heteroatoms. The van der Waals surface area contributed by atoms with Crippen molar-refractivity contribution in [2.75, 3.05) is 18.8 Å². The second-order valence-corrected chi connectivity index (χ2v) is 5.50. The Morgan fingerprint density at radius 1 is 1.50 bits per heavy atom. The third-order valence-electron chi connectivity index (χ3n) is 3.99. The predicted octanol–water partition coefficient (Wildman–Crippen LogP) is 1.48. The van der Waals surface area contributed by atoms with E-state index in [0.29, 0.717) is 5.92 Å². The van der Waals surface area contributed by atoms with Gasteiger partial charge in [0, 0.05) is 31.5 Å². The van der Waals surface area contributed by atoms with Crippen LogP contribution in [0.5, 0.6) is 0 Å². The molecule has 100 valence electrons. The smallest absolute Gasteiger partial charge is 0.0593 e. The van der Waals surface area contributed by atoms with E-state index in [1.807, 2.05) is 20.0 Å². The molecule has 0 aromatic carbocycles. The number of nitrogens with two attached hydrogens (primary N) is 1. The highest BCUT2D eigenvalue weighted by molar-refractivity contribution is 5.53. The third kappa shape index (κ3) is 2.65. The van der Waals surface area contributed by atoms with E-state index in [1.54, 1.807) is 0 Å². The van der Waals surface area contributed by atoms with Crippen molar-refractivity contribution in [3.63, 3.8) is 0 Å². The van der Waals surface area contributed by atoms with Gasteiger partial charge in [-0.15, -0.1) is 0 Å². The molecule has 18 heavy (non-hydrogen) atoms. The van der Waals surface area contributed by atoms with Crippen molar-refractivity contribution in [3.8, 4) is 0 Å². The van der Waals surface area contributed by atoms with Gasteiger partial charge in [0.25, 0.3) is 0 Å². The zero-order valence-electron chi connectivity index (χ0n) is 11.5. The summed E-state index contributed by atoms with van der Waals surface area (Å²) in [5.74, 6) is 0.335. The van der Waals surface area contributed by atoms with E-state index in [2.05, 4.69) is 16.8 Å². The molecule has 0 aliphatic carbocycles. The fraction of sp³-hybridized carbons (Fsp3) is 0.643. The quantitative estimate of drug-likeness (QED) is 0.833. The lowest BCUT2D eigenvalue weighted by Crippen LogP contribution is -2.41. The molecule has 0 spiro atoms. The number of likely N-dealkylation sites (tertiary alicyclic amines) is 1. The van der Waals surface area contributed by atoms with E-state index in [4.69, 9.17) is 5.73 Å². The fourth-order valence-corrected chi connectivity index (χ4v) is 2.53. The maximum atomic E-state index is 9.73. The van der Waals surface area contributed by atoms with E-state index in [-0.39, 0.29) is 6.10 Å². The van der Waals surface area contributed by atoms with E-state index in [0.717, 1.165) is 48.6 Å². The minimum atomic E-state index is -0.154. The molecular weight excluding hydrogens is 226 g/mol. The van der Waals surface area contributed by atoms with Crippen LogP contribution in [0.4, 0.5) is 5.69 Å². The molecule has 4 nitrogen and oxygen atoms in total. The first-order valence-electron chi connectivity index (χ1n) is 6.60. The lowest BCUT2D eigenvalue weighted by molar-refractivity contribution is 0.0315. The highest BCUT2D eigenvalue weighted by Gasteiger charge is 2.24. The Kier molecular flexibility index (Phi) is 3.88. The van der Waals surface area contributed by atoms with E-state index >= 15 is 0 Å². The number of aryl methyl sites for hydroxylation is 1. The van der Waals surface area contributed by atoms with Crippen LogP contribution in [-0.4, -0.2) is 34.2 Å². The van der Waals surface area contributed by atoms with Crippen LogP contribution in [-0.2, 0) is 6.54 Å². The van der Waals surface area contributed by atoms with E-state index in [9.17, 15) is 5.11 Å². The standard InChI is InChI=1S/C14H23N3O/c1-9-6-16-12(11(3)14(9)15)8-17-5-4-13(18)10(2)7-17/h6,10,13,18H,4-5,7-8H2,1-3H3,(H2,15,16). The first-order chi connectivity index (χ1) is 8.49. The van der Waals surface area contributed by atoms with Gasteiger partial charge in [-0.2, -0.15) is 0 Å². The number of rotatable bonds is 2. The largest absolute Gasteiger partial charge is 0.398 e. The minimum absolute atomic E-state index is 0.154. The summed E-state index contributed by atoms with van der Waals surface area (Å²) in [6.07, 6.45) is 2.54. The lowest BCUT2D eigenvalue weighted by atomic mass is 9.96. The van der Waals surface area contributed by atoms with Crippen LogP contribution in [0.2, 0.25) is 0 Å². The predicted molar refractivity (Wildman–Crippen MR) is 73.2 cm³/mol. The van der Waals surface area contributed by atoms with Crippen LogP contribution >= 0.6 is 0 Å². The number of anilines is 1. The third-order valence-corrected chi connectivity index (χ3v) is 3.99. The average Bonchev–Trinajstić information content (AvgIpc) is 2.34. The average molecular weight is 249 g/mol. The van der Waals surface area contributed by atoms with Crippen LogP contribution in [0.25, 0.3) is 0 Å². The molecule has 1 aromatic rings. The highest BCUT2D eigenvalue weighted by atomic mass is 16.3. The van der Waals surface area contributed by atoms with Gasteiger partial charge in [0.15, 0.2) is 0 Å². The Balaban J connectivity index is 2.08. The van der Waals surface area contributed by atoms with Crippen molar-refractivity contribution in [2.45, 2.75) is 39.8 Å². The zero-order valence-corrected chi connectivity index (χ0v) is 11.5. The molecule has 2 rings (SSSR count). The Hall–Kier alpha value is -1.13. The van der Waals surface area contributed by atoms with Gasteiger partial charge in [0.2, 0.25) is 0 Å². The summed E-state index contributed by atoms with van der Waals surface area (Å²) in [4.78, 5) is 6.84. The number of hydrogen-bond acceptors (Lipinski definition) is 4. The summed E-state index contributed by atoms with van der Waals surface area (Å²) in [6, 6.07) is 0. The Morgan fingerprint density at radius 2 is 2.22 bits per heavy atom. The lowest BCUT2D eigenvalue weighted by Gasteiger charge is -2.34. The van der Waals surface area contributed by atoms with Crippen LogP contribution in [0.15, 0.2) is 6.20 Å². The van der Waals surface area contributed by atoms with Crippen LogP contribution in [0.1, 0.15) is 30.2 Å². The summed E-state index contributed by atoms with van der Waals surface area (Å²) in [7, 11) is 0. The molecule has 1 fully saturated rings. The van der Waals surface area contributed by atoms with E-state index in [1.165, 1.54) is 0 Å². The second kappa shape index (κ2) is 5.24. The minimum Gasteiger partial charge on any atom is -0.398 e. The van der Waals surface area contributed by atoms with E-state index < -0.39 is 0 Å². The second-order valence-electron chi connectivity index (χ2n) is 5.50. The summed E-state index contributed by atoms with van der Waals surface area (Å²) >= 11 is 0. The normalized spacial score (nSPS) is 25.3. The molecule has 1 aliphatic heterocycles. The molecule has 1 aromatic heterocycles. The number of nitrogen functional groups attached to an aromatic ring is 1. The number of aliphatic hydroxyl groups is 1. The van der Waals surface area contributed by atoms with Crippen LogP contribution in [0.3, 0.4) is 0 Å². The highest BCUT2D eigenvalue weighted by Crippen LogP contribution is 2.22. The number of nitrogens with zero attached hydrogens (tertiary/aromatic N) is 2. The van der Waals surface area contributed by atoms with Gasteiger partial charge in [-0.25, -0.2) is 0 Å². The van der Waals surface area contributed by atoms with Crippen LogP contribution in [0, 0.1) is 19.8 Å². The topological polar surface area (TPSA) is 62.4 Å². The van der Waals surface area contributed by atoms with Gasteiger partial charge in [-0.3, -0.25) is 9.88 Å². The summed E-state index contributed by atoms with van der Waals surface area (Å²) in [6.45, 7) is 8.80. The molecule has 1 saturated heterocycles. The summed E-state index contributed by atoms with van der Waals surface area (Å²) in [5, 5.41) is 9.73. The maximum Gasteiger partial charge on any atom is 0.0593 e. The summed E-state index contributed by atoms with van der Waals surface area (Å²) in [5.41, 5.74) is 10.1. The molecule has 2 unspecified atom stereocenters. The van der Waals surface area contributed by atoms with Gasteiger partial charge in [0.05, 0.1) is 11.8 Å². The van der Waals surface area contributed by atoms with Gasteiger partial charge in [-0.1, -0.05) is 6.92 Å². The number of aliphatic hydroxyl groups excluding tert-OH is 1. The molecule has 0 radical (unpaired) electrons. The summed E-state index contributed by atoms with van der Waals surface area (Å²) < 4.78 is 0. The number of aromatic nitrogens is 1. The van der Waals surface area contributed by atoms with Gasteiger partial charge >= 0.3 is 0 Å². The molecule has 0 bridgehead atoms. The van der Waals surface area contributed by atoms with Crippen molar-refractivity contribution >= 4 is 5.69 Å². The van der Waals surface area contributed by atoms with Crippen LogP contribution < -0.4 is 5.73 Å². The van der Waals surface area contributed by atoms with Gasteiger partial charge in [-0.05, 0) is 37.3 Å². The molecule has 0 saturated carbocycles. The molecular formula is C14H23N3O. The molecule has 1 aliphatic rings. The first kappa shape index (κ1) is 13.3. The maximum absolute atomic E-state index is 9.73. The zero-order chi connectivity index (χ0) is 13.3. The van der Waals surface area contributed by atoms with Gasteiger partial charge < -0.3 is 10.8 Å². The van der Waals surface area contributed by atoms with Crippen molar-refractivity contribution in [3.05, 3.63) is 23.0 Å². The number of piperidine rings is 1. The Labute approximate surface area is 109 Å². The van der Waals surface area contributed by atoms with Crippen molar-refractivity contribution in [2.24, 2.45) is 5.92 Å².